The van der Waals surface area contributed by atoms with Gasteiger partial charge in [0.25, 0.3) is 5.91 Å². The molecule has 0 aliphatic rings. The molecule has 0 unspecified atom stereocenters. The van der Waals surface area contributed by atoms with E-state index in [1.165, 1.54) is 24.3 Å². The number of halogens is 1. The van der Waals surface area contributed by atoms with Crippen LogP contribution in [0.4, 0.5) is 10.1 Å². The molecule has 1 aromatic heterocycles. The number of nitrogens with zero attached hydrogens (tertiary/aromatic N) is 3. The first-order chi connectivity index (χ1) is 16.4. The van der Waals surface area contributed by atoms with Gasteiger partial charge in [0.05, 0.1) is 19.4 Å². The molecule has 0 fully saturated rings. The number of hydrogen-bond donors (Lipinski definition) is 1. The first kappa shape index (κ1) is 23.0. The maximum absolute atomic E-state index is 13.1. The lowest BCUT2D eigenvalue weighted by molar-refractivity contribution is 0.102. The van der Waals surface area contributed by atoms with E-state index in [4.69, 9.17) is 9.47 Å². The summed E-state index contributed by atoms with van der Waals surface area (Å²) < 4.78 is 25.8. The lowest BCUT2D eigenvalue weighted by atomic mass is 10.2. The molecule has 0 radical (unpaired) electrons. The third-order valence-corrected chi connectivity index (χ3v) is 4.96. The van der Waals surface area contributed by atoms with Crippen molar-refractivity contribution < 1.29 is 18.7 Å². The number of nitrogens with one attached hydrogen (secondary N) is 1. The van der Waals surface area contributed by atoms with E-state index in [-0.39, 0.29) is 11.9 Å². The highest BCUT2D eigenvalue weighted by molar-refractivity contribution is 6.04. The number of carbonyl (C=O) groups excluding carboxylic acids is 1. The molecule has 0 aliphatic carbocycles. The highest BCUT2D eigenvalue weighted by Gasteiger charge is 2.16. The van der Waals surface area contributed by atoms with Gasteiger partial charge in [-0.1, -0.05) is 13.8 Å². The molecule has 7 nitrogen and oxygen atoms in total. The molecular weight excluding hydrogens is 435 g/mol. The summed E-state index contributed by atoms with van der Waals surface area (Å²) in [5, 5.41) is 7.36. The van der Waals surface area contributed by atoms with E-state index in [9.17, 15) is 9.18 Å². The minimum atomic E-state index is -0.391. The van der Waals surface area contributed by atoms with Crippen LogP contribution < -0.4 is 14.8 Å². The van der Waals surface area contributed by atoms with E-state index in [1.54, 1.807) is 23.9 Å². The van der Waals surface area contributed by atoms with Gasteiger partial charge in [-0.3, -0.25) is 4.79 Å². The van der Waals surface area contributed by atoms with Crippen molar-refractivity contribution in [2.45, 2.75) is 13.8 Å². The van der Waals surface area contributed by atoms with Crippen LogP contribution in [0, 0.1) is 11.7 Å². The van der Waals surface area contributed by atoms with Crippen LogP contribution in [0.1, 0.15) is 24.2 Å². The third kappa shape index (κ3) is 5.40. The Balaban J connectivity index is 1.60. The number of anilines is 1. The maximum Gasteiger partial charge on any atom is 0.336 e. The number of rotatable bonds is 8. The molecule has 174 valence electrons. The van der Waals surface area contributed by atoms with E-state index in [2.05, 4.69) is 29.2 Å². The number of ether oxygens (including phenoxy) is 2. The number of aromatic nitrogens is 3. The second-order valence-electron chi connectivity index (χ2n) is 8.07. The van der Waals surface area contributed by atoms with Gasteiger partial charge < -0.3 is 14.8 Å². The van der Waals surface area contributed by atoms with Crippen molar-refractivity contribution in [1.29, 1.82) is 0 Å². The second-order valence-corrected chi connectivity index (χ2v) is 8.07. The summed E-state index contributed by atoms with van der Waals surface area (Å²) in [6.45, 7) is 4.61. The zero-order valence-electron chi connectivity index (χ0n) is 19.2. The fraction of sp³-hybridized carbons (Fsp3) is 0.192. The lowest BCUT2D eigenvalue weighted by Crippen LogP contribution is -2.12. The Morgan fingerprint density at radius 2 is 1.68 bits per heavy atom. The van der Waals surface area contributed by atoms with Crippen molar-refractivity contribution in [1.82, 2.24) is 14.8 Å². The highest BCUT2D eigenvalue weighted by Crippen LogP contribution is 2.26. The Labute approximate surface area is 197 Å². The molecule has 0 saturated heterocycles. The second kappa shape index (κ2) is 10.2. The largest absolute Gasteiger partial charge is 0.497 e. The average Bonchev–Trinajstić information content (AvgIpc) is 3.28. The number of benzene rings is 3. The van der Waals surface area contributed by atoms with Gasteiger partial charge in [-0.05, 0) is 78.7 Å². The van der Waals surface area contributed by atoms with Crippen molar-refractivity contribution >= 4 is 11.6 Å². The van der Waals surface area contributed by atoms with Gasteiger partial charge in [0.1, 0.15) is 11.6 Å². The smallest absolute Gasteiger partial charge is 0.336 e. The monoisotopic (exact) mass is 460 g/mol. The summed E-state index contributed by atoms with van der Waals surface area (Å²) in [7, 11) is 1.62. The summed E-state index contributed by atoms with van der Waals surface area (Å²) in [5.74, 6) is 0.979. The van der Waals surface area contributed by atoms with Gasteiger partial charge in [-0.25, -0.2) is 9.07 Å². The number of carbonyl (C=O) groups is 1. The van der Waals surface area contributed by atoms with Crippen LogP contribution in [-0.2, 0) is 0 Å². The third-order valence-electron chi connectivity index (χ3n) is 4.96. The quantitative estimate of drug-likeness (QED) is 0.383. The van der Waals surface area contributed by atoms with Crippen LogP contribution in [0.15, 0.2) is 72.8 Å². The van der Waals surface area contributed by atoms with Crippen LogP contribution in [0.3, 0.4) is 0 Å². The van der Waals surface area contributed by atoms with E-state index in [0.29, 0.717) is 29.6 Å². The van der Waals surface area contributed by atoms with Gasteiger partial charge in [0.2, 0.25) is 0 Å². The van der Waals surface area contributed by atoms with Gasteiger partial charge >= 0.3 is 6.01 Å². The molecule has 0 aliphatic heterocycles. The zero-order valence-corrected chi connectivity index (χ0v) is 19.2. The maximum atomic E-state index is 13.1. The molecule has 4 aromatic rings. The van der Waals surface area contributed by atoms with Crippen LogP contribution in [0.5, 0.6) is 11.8 Å². The van der Waals surface area contributed by atoms with Crippen LogP contribution in [0.2, 0.25) is 0 Å². The Hall–Kier alpha value is -4.20. The van der Waals surface area contributed by atoms with Crippen molar-refractivity contribution in [3.05, 3.63) is 84.2 Å². The van der Waals surface area contributed by atoms with Gasteiger partial charge in [0.15, 0.2) is 5.82 Å². The van der Waals surface area contributed by atoms with Crippen molar-refractivity contribution in [2.75, 3.05) is 19.0 Å². The minimum Gasteiger partial charge on any atom is -0.497 e. The number of methoxy groups -OCH3 is 1. The summed E-state index contributed by atoms with van der Waals surface area (Å²) in [4.78, 5) is 17.0. The van der Waals surface area contributed by atoms with E-state index < -0.39 is 5.82 Å². The SMILES string of the molecule is COc1ccc(-c2nc(OCC(C)C)nn2-c2ccc(NC(=O)c3ccc(F)cc3)cc2)cc1. The molecule has 0 bridgehead atoms. The first-order valence-electron chi connectivity index (χ1n) is 10.8. The van der Waals surface area contributed by atoms with Crippen LogP contribution in [-0.4, -0.2) is 34.4 Å². The summed E-state index contributed by atoms with van der Waals surface area (Å²) in [6, 6.07) is 20.4. The Kier molecular flexibility index (Phi) is 6.87. The normalized spacial score (nSPS) is 10.9. The average molecular weight is 461 g/mol. The number of hydrogen-bond acceptors (Lipinski definition) is 5. The van der Waals surface area contributed by atoms with Crippen molar-refractivity contribution in [3.63, 3.8) is 0 Å². The highest BCUT2D eigenvalue weighted by atomic mass is 19.1. The van der Waals surface area contributed by atoms with Crippen molar-refractivity contribution in [3.8, 4) is 28.8 Å². The minimum absolute atomic E-state index is 0.285. The standard InChI is InChI=1S/C26H25FN4O3/c1-17(2)16-34-26-29-24(18-6-14-23(33-3)15-7-18)31(30-26)22-12-10-21(11-13-22)28-25(32)19-4-8-20(27)9-5-19/h4-15,17H,16H2,1-3H3,(H,28,32). The van der Waals surface area contributed by atoms with E-state index in [0.717, 1.165) is 17.0 Å². The number of amides is 1. The predicted molar refractivity (Wildman–Crippen MR) is 128 cm³/mol. The molecule has 8 heteroatoms. The molecule has 4 rings (SSSR count). The molecule has 3 aromatic carbocycles. The van der Waals surface area contributed by atoms with Crippen LogP contribution in [0.25, 0.3) is 17.1 Å². The fourth-order valence-electron chi connectivity index (χ4n) is 3.19. The molecule has 1 N–H and O–H groups in total. The van der Waals surface area contributed by atoms with Gasteiger partial charge in [0, 0.05) is 16.8 Å². The molecule has 1 heterocycles. The Morgan fingerprint density at radius 1 is 1.00 bits per heavy atom. The van der Waals surface area contributed by atoms with E-state index in [1.807, 2.05) is 36.4 Å². The lowest BCUT2D eigenvalue weighted by Gasteiger charge is -2.09. The predicted octanol–water partition coefficient (Wildman–Crippen LogP) is 5.37. The summed E-state index contributed by atoms with van der Waals surface area (Å²) >= 11 is 0. The molecule has 0 spiro atoms. The topological polar surface area (TPSA) is 78.3 Å². The molecule has 0 saturated carbocycles. The van der Waals surface area contributed by atoms with Gasteiger partial charge in [-0.2, -0.15) is 4.98 Å². The Bertz CT molecular complexity index is 1250. The molecule has 1 amide bonds. The zero-order chi connectivity index (χ0) is 24.1. The molecule has 0 atom stereocenters. The fourth-order valence-corrected chi connectivity index (χ4v) is 3.19. The summed E-state index contributed by atoms with van der Waals surface area (Å²) in [5.41, 5.74) is 2.56. The molecular formula is C26H25FN4O3. The Morgan fingerprint density at radius 3 is 2.29 bits per heavy atom. The van der Waals surface area contributed by atoms with Crippen molar-refractivity contribution in [2.24, 2.45) is 5.92 Å². The van der Waals surface area contributed by atoms with E-state index >= 15 is 0 Å². The van der Waals surface area contributed by atoms with Gasteiger partial charge in [-0.15, -0.1) is 5.10 Å². The first-order valence-corrected chi connectivity index (χ1v) is 10.8. The molecule has 34 heavy (non-hydrogen) atoms. The van der Waals surface area contributed by atoms with Crippen LogP contribution >= 0.6 is 0 Å². The summed E-state index contributed by atoms with van der Waals surface area (Å²) in [6.07, 6.45) is 0.